The standard InChI is InChI=1S/C37H26O11S2.2Na/c38-29-11-1-23(2-12-29)25-5-15-31(16-6-25)47-33-19-9-27(21-35(33)49(41,42)43)37(40)28-10-20-34(36(22-28)50(44,45)46)48-32-17-7-26(8-18-32)24-3-13-30(39)14-4-24;;/h1-22,38-39H,(H,41,42,43)(H,44,45,46);;/q;2*+1/p-4. The van der Waals surface area contributed by atoms with Crippen molar-refractivity contribution in [3.63, 3.8) is 0 Å². The van der Waals surface area contributed by atoms with Gasteiger partial charge in [0.2, 0.25) is 0 Å². The molecule has 252 valence electrons. The van der Waals surface area contributed by atoms with Gasteiger partial charge in [-0.1, -0.05) is 72.8 Å². The molecule has 0 N–H and O–H groups in total. The van der Waals surface area contributed by atoms with E-state index in [1.165, 1.54) is 60.7 Å². The minimum atomic E-state index is -5.18. The molecule has 0 aliphatic carbocycles. The van der Waals surface area contributed by atoms with Crippen LogP contribution in [0.3, 0.4) is 0 Å². The second-order valence-corrected chi connectivity index (χ2v) is 13.6. The van der Waals surface area contributed by atoms with Gasteiger partial charge in [-0.05, 0) is 82.9 Å². The maximum absolute atomic E-state index is 13.4. The Morgan fingerprint density at radius 3 is 1.02 bits per heavy atom. The Balaban J connectivity index is 0.00000302. The minimum Gasteiger partial charge on any atom is -0.872 e. The molecular formula is C37H22Na2O11S2-2. The number of benzene rings is 6. The largest absolute Gasteiger partial charge is 1.00 e. The van der Waals surface area contributed by atoms with Crippen LogP contribution in [0, 0.1) is 0 Å². The van der Waals surface area contributed by atoms with Crippen LogP contribution in [0.2, 0.25) is 0 Å². The van der Waals surface area contributed by atoms with Crippen LogP contribution < -0.4 is 78.8 Å². The Morgan fingerprint density at radius 2 is 0.731 bits per heavy atom. The van der Waals surface area contributed by atoms with Gasteiger partial charge in [0.1, 0.15) is 43.2 Å². The summed E-state index contributed by atoms with van der Waals surface area (Å²) >= 11 is 0. The maximum Gasteiger partial charge on any atom is 1.00 e. The molecule has 0 radical (unpaired) electrons. The van der Waals surface area contributed by atoms with Gasteiger partial charge in [-0.2, -0.15) is 0 Å². The first-order valence-electron chi connectivity index (χ1n) is 14.6. The summed E-state index contributed by atoms with van der Waals surface area (Å²) in [6.45, 7) is 0. The van der Waals surface area contributed by atoms with Gasteiger partial charge in [-0.3, -0.25) is 4.79 Å². The van der Waals surface area contributed by atoms with Gasteiger partial charge in [0.05, 0.1) is 9.79 Å². The van der Waals surface area contributed by atoms with Crippen LogP contribution in [0.15, 0.2) is 143 Å². The van der Waals surface area contributed by atoms with Crippen LogP contribution in [0.4, 0.5) is 0 Å². The SMILES string of the molecule is O=C(c1ccc(Oc2ccc(-c3ccc([O-])cc3)cc2)c(S(=O)(=O)[O-])c1)c1ccc(Oc2ccc(-c3ccc([O-])cc3)cc2)c(S(=O)(=O)[O-])c1.[Na+].[Na+]. The number of hydrogen-bond donors (Lipinski definition) is 0. The molecule has 6 aromatic carbocycles. The Labute approximate surface area is 343 Å². The molecule has 0 bridgehead atoms. The second-order valence-electron chi connectivity index (χ2n) is 10.9. The van der Waals surface area contributed by atoms with E-state index in [-0.39, 0.29) is 105 Å². The van der Waals surface area contributed by atoms with Crippen LogP contribution in [0.1, 0.15) is 15.9 Å². The van der Waals surface area contributed by atoms with Crippen LogP contribution in [-0.2, 0) is 20.2 Å². The van der Waals surface area contributed by atoms with Gasteiger partial charge >= 0.3 is 59.1 Å². The zero-order valence-electron chi connectivity index (χ0n) is 27.5. The summed E-state index contributed by atoms with van der Waals surface area (Å²) in [6, 6.07) is 31.2. The molecule has 0 atom stereocenters. The molecule has 0 spiro atoms. The minimum absolute atomic E-state index is 0. The Morgan fingerprint density at radius 1 is 0.442 bits per heavy atom. The van der Waals surface area contributed by atoms with E-state index in [2.05, 4.69) is 0 Å². The fourth-order valence-corrected chi connectivity index (χ4v) is 6.26. The predicted molar refractivity (Wildman–Crippen MR) is 175 cm³/mol. The molecule has 6 aromatic rings. The van der Waals surface area contributed by atoms with E-state index in [1.807, 2.05) is 0 Å². The average Bonchev–Trinajstić information content (AvgIpc) is 3.09. The average molecular weight is 753 g/mol. The molecule has 6 rings (SSSR count). The molecule has 0 heterocycles. The fraction of sp³-hybridized carbons (Fsp3) is 0. The van der Waals surface area contributed by atoms with E-state index in [0.717, 1.165) is 46.5 Å². The summed E-state index contributed by atoms with van der Waals surface area (Å²) < 4.78 is 84.7. The van der Waals surface area contributed by atoms with Gasteiger partial charge < -0.3 is 28.8 Å². The van der Waals surface area contributed by atoms with Crippen LogP contribution in [0.25, 0.3) is 22.3 Å². The van der Waals surface area contributed by atoms with Gasteiger partial charge in [-0.25, -0.2) is 16.8 Å². The van der Waals surface area contributed by atoms with E-state index >= 15 is 0 Å². The second kappa shape index (κ2) is 16.8. The molecule has 15 heteroatoms. The van der Waals surface area contributed by atoms with Crippen molar-refractivity contribution in [2.24, 2.45) is 0 Å². The normalized spacial score (nSPS) is 11.1. The van der Waals surface area contributed by atoms with Crippen LogP contribution in [-0.4, -0.2) is 31.7 Å². The summed E-state index contributed by atoms with van der Waals surface area (Å²) in [7, 11) is -10.4. The van der Waals surface area contributed by atoms with Crippen molar-refractivity contribution in [2.45, 2.75) is 9.79 Å². The quantitative estimate of drug-likeness (QED) is 0.102. The van der Waals surface area contributed by atoms with Crippen molar-refractivity contribution < 1.29 is 110 Å². The molecular weight excluding hydrogens is 731 g/mol. The van der Waals surface area contributed by atoms with Gasteiger partial charge in [0.25, 0.3) is 0 Å². The number of hydrogen-bond acceptors (Lipinski definition) is 11. The van der Waals surface area contributed by atoms with E-state index in [1.54, 1.807) is 48.5 Å². The molecule has 0 unspecified atom stereocenters. The van der Waals surface area contributed by atoms with E-state index in [0.29, 0.717) is 0 Å². The molecule has 0 amide bonds. The summed E-state index contributed by atoms with van der Waals surface area (Å²) in [5, 5.41) is 22.8. The zero-order valence-corrected chi connectivity index (χ0v) is 33.1. The molecule has 0 aliphatic rings. The van der Waals surface area contributed by atoms with Gasteiger partial charge in [-0.15, -0.1) is 11.5 Å². The first-order valence-corrected chi connectivity index (χ1v) is 17.4. The molecule has 0 saturated carbocycles. The van der Waals surface area contributed by atoms with E-state index in [9.17, 15) is 40.9 Å². The van der Waals surface area contributed by atoms with Gasteiger partial charge in [0, 0.05) is 11.1 Å². The molecule has 0 saturated heterocycles. The molecule has 52 heavy (non-hydrogen) atoms. The van der Waals surface area contributed by atoms with Crippen molar-refractivity contribution in [1.29, 1.82) is 0 Å². The third kappa shape index (κ3) is 9.70. The number of carbonyl (C=O) groups is 1. The van der Waals surface area contributed by atoms with Crippen molar-refractivity contribution in [3.8, 4) is 56.8 Å². The first-order chi connectivity index (χ1) is 23.7. The van der Waals surface area contributed by atoms with Crippen molar-refractivity contribution in [2.75, 3.05) is 0 Å². The van der Waals surface area contributed by atoms with Crippen LogP contribution >= 0.6 is 0 Å². The molecule has 11 nitrogen and oxygen atoms in total. The first kappa shape index (κ1) is 40.8. The molecule has 0 aromatic heterocycles. The number of ether oxygens (including phenoxy) is 2. The predicted octanol–water partition coefficient (Wildman–Crippen LogP) is -0.200. The van der Waals surface area contributed by atoms with Crippen LogP contribution in [0.5, 0.6) is 34.5 Å². The van der Waals surface area contributed by atoms with Crippen molar-refractivity contribution in [3.05, 3.63) is 145 Å². The monoisotopic (exact) mass is 752 g/mol. The Hall–Kier alpha value is -3.99. The number of rotatable bonds is 10. The van der Waals surface area contributed by atoms with Crippen molar-refractivity contribution >= 4 is 26.0 Å². The Kier molecular flexibility index (Phi) is 13.2. The topological polar surface area (TPSA) is 196 Å². The third-order valence-corrected chi connectivity index (χ3v) is 9.21. The van der Waals surface area contributed by atoms with E-state index in [4.69, 9.17) is 9.47 Å². The number of ketones is 1. The smallest absolute Gasteiger partial charge is 0.872 e. The summed E-state index contributed by atoms with van der Waals surface area (Å²) in [4.78, 5) is 11.7. The molecule has 0 aliphatic heterocycles. The van der Waals surface area contributed by atoms with Gasteiger partial charge in [0.15, 0.2) is 5.78 Å². The third-order valence-electron chi connectivity index (χ3n) is 7.49. The maximum atomic E-state index is 13.4. The van der Waals surface area contributed by atoms with Crippen molar-refractivity contribution in [1.82, 2.24) is 0 Å². The summed E-state index contributed by atoms with van der Waals surface area (Å²) in [6.07, 6.45) is 0. The summed E-state index contributed by atoms with van der Waals surface area (Å²) in [5.74, 6) is -1.56. The summed E-state index contributed by atoms with van der Waals surface area (Å²) in [5.41, 5.74) is 2.40. The fourth-order valence-electron chi connectivity index (χ4n) is 5.00. The Bertz CT molecular complexity index is 2260. The zero-order chi connectivity index (χ0) is 35.6. The molecule has 0 fully saturated rings. The number of carbonyl (C=O) groups excluding carboxylic acids is 1. The van der Waals surface area contributed by atoms with E-state index < -0.39 is 35.8 Å².